The van der Waals surface area contributed by atoms with Gasteiger partial charge in [-0.3, -0.25) is 9.80 Å². The van der Waals surface area contributed by atoms with Gasteiger partial charge in [0.1, 0.15) is 0 Å². The lowest BCUT2D eigenvalue weighted by Gasteiger charge is -2.43. The zero-order chi connectivity index (χ0) is 14.7. The van der Waals surface area contributed by atoms with E-state index in [9.17, 15) is 0 Å². The van der Waals surface area contributed by atoms with Crippen molar-refractivity contribution >= 4 is 15.9 Å². The van der Waals surface area contributed by atoms with E-state index in [1.165, 1.54) is 61.9 Å². The zero-order valence-corrected chi connectivity index (χ0v) is 14.7. The number of rotatable bonds is 3. The van der Waals surface area contributed by atoms with Gasteiger partial charge in [0, 0.05) is 43.2 Å². The fourth-order valence-electron chi connectivity index (χ4n) is 3.99. The second-order valence-corrected chi connectivity index (χ2v) is 7.69. The molecule has 1 aromatic carbocycles. The summed E-state index contributed by atoms with van der Waals surface area (Å²) in [6.07, 6.45) is 5.74. The molecule has 2 nitrogen and oxygen atoms in total. The van der Waals surface area contributed by atoms with Gasteiger partial charge < -0.3 is 0 Å². The Hall–Kier alpha value is -0.380. The topological polar surface area (TPSA) is 6.48 Å². The number of hydrogen-bond donors (Lipinski definition) is 0. The van der Waals surface area contributed by atoms with E-state index in [2.05, 4.69) is 56.9 Å². The summed E-state index contributed by atoms with van der Waals surface area (Å²) in [5.41, 5.74) is 1.42. The molecule has 0 N–H and O–H groups in total. The van der Waals surface area contributed by atoms with Gasteiger partial charge in [0.25, 0.3) is 0 Å². The number of halogens is 1. The third kappa shape index (κ3) is 4.08. The standard InChI is InChI=1S/C18H27BrN2/c1-15-5-2-3-8-18(15)21-11-9-20(10-12-21)14-16-6-4-7-17(19)13-16/h4,6-7,13,15,18H,2-3,5,8-12,14H2,1H3/t15-,18-/m0/s1. The fraction of sp³-hybridized carbons (Fsp3) is 0.667. The smallest absolute Gasteiger partial charge is 0.0235 e. The van der Waals surface area contributed by atoms with E-state index in [-0.39, 0.29) is 0 Å². The molecule has 2 fully saturated rings. The summed E-state index contributed by atoms with van der Waals surface area (Å²) in [6, 6.07) is 9.58. The Morgan fingerprint density at radius 2 is 1.86 bits per heavy atom. The van der Waals surface area contributed by atoms with Crippen molar-refractivity contribution < 1.29 is 0 Å². The summed E-state index contributed by atoms with van der Waals surface area (Å²) in [5, 5.41) is 0. The first-order valence-electron chi connectivity index (χ1n) is 8.43. The quantitative estimate of drug-likeness (QED) is 0.807. The van der Waals surface area contributed by atoms with Crippen molar-refractivity contribution in [3.05, 3.63) is 34.3 Å². The van der Waals surface area contributed by atoms with Crippen LogP contribution in [0, 0.1) is 5.92 Å². The van der Waals surface area contributed by atoms with Gasteiger partial charge in [0.15, 0.2) is 0 Å². The van der Waals surface area contributed by atoms with Gasteiger partial charge in [-0.15, -0.1) is 0 Å². The van der Waals surface area contributed by atoms with Crippen LogP contribution in [0.15, 0.2) is 28.7 Å². The van der Waals surface area contributed by atoms with Gasteiger partial charge in [-0.1, -0.05) is 47.8 Å². The number of piperazine rings is 1. The average molecular weight is 351 g/mol. The SMILES string of the molecule is C[C@H]1CCCC[C@@H]1N1CCN(Cc2cccc(Br)c2)CC1. The highest BCUT2D eigenvalue weighted by Gasteiger charge is 2.29. The molecule has 1 heterocycles. The van der Waals surface area contributed by atoms with Gasteiger partial charge in [0.05, 0.1) is 0 Å². The van der Waals surface area contributed by atoms with Gasteiger partial charge >= 0.3 is 0 Å². The van der Waals surface area contributed by atoms with Crippen molar-refractivity contribution in [1.82, 2.24) is 9.80 Å². The Kier molecular flexibility index (Phi) is 5.36. The van der Waals surface area contributed by atoms with Crippen molar-refractivity contribution in [3.63, 3.8) is 0 Å². The van der Waals surface area contributed by atoms with Gasteiger partial charge in [-0.2, -0.15) is 0 Å². The average Bonchev–Trinajstić information content (AvgIpc) is 2.49. The molecule has 1 aliphatic heterocycles. The van der Waals surface area contributed by atoms with Crippen molar-refractivity contribution in [1.29, 1.82) is 0 Å². The molecule has 1 saturated carbocycles. The summed E-state index contributed by atoms with van der Waals surface area (Å²) in [6.45, 7) is 8.49. The van der Waals surface area contributed by atoms with Crippen LogP contribution in [0.2, 0.25) is 0 Å². The monoisotopic (exact) mass is 350 g/mol. The van der Waals surface area contributed by atoms with E-state index in [4.69, 9.17) is 0 Å². The number of nitrogens with zero attached hydrogens (tertiary/aromatic N) is 2. The van der Waals surface area contributed by atoms with Crippen molar-refractivity contribution in [3.8, 4) is 0 Å². The molecule has 0 unspecified atom stereocenters. The van der Waals surface area contributed by atoms with Gasteiger partial charge in [0.2, 0.25) is 0 Å². The van der Waals surface area contributed by atoms with E-state index in [1.54, 1.807) is 0 Å². The Labute approximate surface area is 137 Å². The molecule has 116 valence electrons. The van der Waals surface area contributed by atoms with E-state index in [0.29, 0.717) is 0 Å². The molecular weight excluding hydrogens is 324 g/mol. The summed E-state index contributed by atoms with van der Waals surface area (Å²) in [4.78, 5) is 5.37. The van der Waals surface area contributed by atoms with Crippen LogP contribution in [0.1, 0.15) is 38.2 Å². The van der Waals surface area contributed by atoms with E-state index >= 15 is 0 Å². The third-order valence-electron chi connectivity index (χ3n) is 5.24. The molecule has 0 radical (unpaired) electrons. The number of benzene rings is 1. The van der Waals surface area contributed by atoms with Crippen LogP contribution in [-0.4, -0.2) is 42.0 Å². The maximum Gasteiger partial charge on any atom is 0.0235 e. The molecule has 1 saturated heterocycles. The van der Waals surface area contributed by atoms with Crippen molar-refractivity contribution in [2.75, 3.05) is 26.2 Å². The van der Waals surface area contributed by atoms with Gasteiger partial charge in [-0.25, -0.2) is 0 Å². The Bertz CT molecular complexity index is 454. The maximum absolute atomic E-state index is 3.57. The Morgan fingerprint density at radius 3 is 2.57 bits per heavy atom. The summed E-state index contributed by atoms with van der Waals surface area (Å²) in [5.74, 6) is 0.898. The molecule has 0 amide bonds. The lowest BCUT2D eigenvalue weighted by molar-refractivity contribution is 0.0518. The molecule has 0 aromatic heterocycles. The molecule has 21 heavy (non-hydrogen) atoms. The van der Waals surface area contributed by atoms with Crippen LogP contribution in [0.4, 0.5) is 0 Å². The van der Waals surface area contributed by atoms with Crippen LogP contribution in [0.25, 0.3) is 0 Å². The minimum atomic E-state index is 0.853. The minimum Gasteiger partial charge on any atom is -0.298 e. The van der Waals surface area contributed by atoms with E-state index < -0.39 is 0 Å². The highest BCUT2D eigenvalue weighted by Crippen LogP contribution is 2.28. The largest absolute Gasteiger partial charge is 0.298 e. The second kappa shape index (κ2) is 7.26. The lowest BCUT2D eigenvalue weighted by Crippen LogP contribution is -2.52. The van der Waals surface area contributed by atoms with Crippen molar-refractivity contribution in [2.45, 2.75) is 45.2 Å². The molecule has 0 spiro atoms. The zero-order valence-electron chi connectivity index (χ0n) is 13.1. The Morgan fingerprint density at radius 1 is 1.10 bits per heavy atom. The highest BCUT2D eigenvalue weighted by molar-refractivity contribution is 9.10. The highest BCUT2D eigenvalue weighted by atomic mass is 79.9. The Balaban J connectivity index is 1.50. The van der Waals surface area contributed by atoms with Crippen LogP contribution in [0.5, 0.6) is 0 Å². The molecule has 3 rings (SSSR count). The first kappa shape index (κ1) is 15.5. The van der Waals surface area contributed by atoms with Crippen LogP contribution in [-0.2, 0) is 6.54 Å². The molecular formula is C18H27BrN2. The summed E-state index contributed by atoms with van der Waals surface area (Å²) >= 11 is 3.57. The minimum absolute atomic E-state index is 0.853. The maximum atomic E-state index is 3.57. The normalized spacial score (nSPS) is 28.7. The van der Waals surface area contributed by atoms with E-state index in [0.717, 1.165) is 18.5 Å². The van der Waals surface area contributed by atoms with Gasteiger partial charge in [-0.05, 0) is 36.5 Å². The molecule has 2 atom stereocenters. The molecule has 1 aliphatic carbocycles. The first-order chi connectivity index (χ1) is 10.2. The third-order valence-corrected chi connectivity index (χ3v) is 5.73. The summed E-state index contributed by atoms with van der Waals surface area (Å²) in [7, 11) is 0. The summed E-state index contributed by atoms with van der Waals surface area (Å²) < 4.78 is 1.19. The van der Waals surface area contributed by atoms with Crippen molar-refractivity contribution in [2.24, 2.45) is 5.92 Å². The molecule has 3 heteroatoms. The van der Waals surface area contributed by atoms with Crippen LogP contribution >= 0.6 is 15.9 Å². The lowest BCUT2D eigenvalue weighted by atomic mass is 9.84. The predicted octanol–water partition coefficient (Wildman–Crippen LogP) is 4.15. The van der Waals surface area contributed by atoms with Crippen LogP contribution < -0.4 is 0 Å². The van der Waals surface area contributed by atoms with E-state index in [1.807, 2.05) is 0 Å². The number of hydrogen-bond acceptors (Lipinski definition) is 2. The molecule has 1 aromatic rings. The molecule has 2 aliphatic rings. The predicted molar refractivity (Wildman–Crippen MR) is 92.4 cm³/mol. The second-order valence-electron chi connectivity index (χ2n) is 6.77. The van der Waals surface area contributed by atoms with Crippen LogP contribution in [0.3, 0.4) is 0 Å². The molecule has 0 bridgehead atoms. The fourth-order valence-corrected chi connectivity index (χ4v) is 4.43. The first-order valence-corrected chi connectivity index (χ1v) is 9.22.